The van der Waals surface area contributed by atoms with E-state index >= 15 is 0 Å². The summed E-state index contributed by atoms with van der Waals surface area (Å²) < 4.78 is 0. The van der Waals surface area contributed by atoms with E-state index in [4.69, 9.17) is 0 Å². The minimum atomic E-state index is -0.826. The number of aromatic nitrogens is 3. The van der Waals surface area contributed by atoms with E-state index in [1.54, 1.807) is 27.7 Å². The second-order valence-corrected chi connectivity index (χ2v) is 6.59. The van der Waals surface area contributed by atoms with Crippen LogP contribution in [0.3, 0.4) is 0 Å². The van der Waals surface area contributed by atoms with Crippen molar-refractivity contribution in [3.8, 4) is 0 Å². The third-order valence-corrected chi connectivity index (χ3v) is 4.93. The Bertz CT molecular complexity index is 765. The van der Waals surface area contributed by atoms with Crippen molar-refractivity contribution in [2.75, 3.05) is 4.90 Å². The van der Waals surface area contributed by atoms with Crippen molar-refractivity contribution in [3.05, 3.63) is 18.1 Å². The van der Waals surface area contributed by atoms with Gasteiger partial charge in [0, 0.05) is 11.8 Å². The Labute approximate surface area is 127 Å². The zero-order valence-corrected chi connectivity index (χ0v) is 13.0. The number of H-pyrrole nitrogens is 1. The number of carbonyl (C=O) groups excluding carboxylic acids is 2. The number of fused-ring (bicyclic) bond motifs is 1. The van der Waals surface area contributed by atoms with Crippen LogP contribution in [0.25, 0.3) is 11.0 Å². The second-order valence-electron chi connectivity index (χ2n) is 6.59. The maximum absolute atomic E-state index is 12.8. The maximum atomic E-state index is 12.8. The molecule has 0 aliphatic carbocycles. The molecule has 3 heterocycles. The van der Waals surface area contributed by atoms with Crippen LogP contribution in [0.2, 0.25) is 0 Å². The summed E-state index contributed by atoms with van der Waals surface area (Å²) in [5.74, 6) is -0.344. The molecule has 0 atom stereocenters. The van der Waals surface area contributed by atoms with Crippen LogP contribution in [-0.4, -0.2) is 31.9 Å². The highest BCUT2D eigenvalue weighted by atomic mass is 16.3. The van der Waals surface area contributed by atoms with Gasteiger partial charge in [-0.1, -0.05) is 0 Å². The molecule has 0 saturated carbocycles. The molecule has 2 N–H and O–H groups in total. The third kappa shape index (κ3) is 1.60. The molecule has 0 radical (unpaired) electrons. The van der Waals surface area contributed by atoms with E-state index in [0.29, 0.717) is 16.6 Å². The molecule has 0 spiro atoms. The average molecular weight is 302 g/mol. The molecular formula is C15H18N4O3. The number of aliphatic hydroxyl groups excluding tert-OH is 1. The second kappa shape index (κ2) is 4.36. The number of anilines is 1. The SMILES string of the molecule is CC1(C)C(=O)N(c2ncc(CO)c3nc[nH]c23)C(=O)C1(C)C. The minimum Gasteiger partial charge on any atom is -0.392 e. The summed E-state index contributed by atoms with van der Waals surface area (Å²) in [4.78, 5) is 37.9. The fourth-order valence-corrected chi connectivity index (χ4v) is 2.64. The van der Waals surface area contributed by atoms with E-state index in [1.807, 2.05) is 0 Å². The maximum Gasteiger partial charge on any atom is 0.241 e. The van der Waals surface area contributed by atoms with Crippen LogP contribution >= 0.6 is 0 Å². The molecule has 3 rings (SSSR count). The standard InChI is InChI=1S/C15H18N4O3/c1-14(2)12(21)19(13(22)15(14,3)4)11-10-9(17-7-18-10)8(6-20)5-16-11/h5,7,20H,6H2,1-4H3,(H,17,18). The van der Waals surface area contributed by atoms with E-state index < -0.39 is 10.8 Å². The number of nitrogens with one attached hydrogen (secondary N) is 1. The number of pyridine rings is 1. The van der Waals surface area contributed by atoms with Gasteiger partial charge < -0.3 is 10.1 Å². The summed E-state index contributed by atoms with van der Waals surface area (Å²) in [7, 11) is 0. The monoisotopic (exact) mass is 302 g/mol. The van der Waals surface area contributed by atoms with Gasteiger partial charge in [-0.05, 0) is 27.7 Å². The van der Waals surface area contributed by atoms with Crippen molar-refractivity contribution in [1.29, 1.82) is 0 Å². The van der Waals surface area contributed by atoms with E-state index in [2.05, 4.69) is 15.0 Å². The van der Waals surface area contributed by atoms with Gasteiger partial charge >= 0.3 is 0 Å². The molecule has 1 aliphatic heterocycles. The molecule has 22 heavy (non-hydrogen) atoms. The number of aromatic amines is 1. The fourth-order valence-electron chi connectivity index (χ4n) is 2.64. The third-order valence-electron chi connectivity index (χ3n) is 4.93. The number of hydrogen-bond acceptors (Lipinski definition) is 5. The highest BCUT2D eigenvalue weighted by Crippen LogP contribution is 2.49. The molecule has 1 saturated heterocycles. The van der Waals surface area contributed by atoms with Gasteiger partial charge in [0.15, 0.2) is 5.82 Å². The lowest BCUT2D eigenvalue weighted by atomic mass is 9.70. The molecule has 2 aromatic rings. The van der Waals surface area contributed by atoms with Gasteiger partial charge in [-0.15, -0.1) is 0 Å². The molecule has 1 aliphatic rings. The molecule has 0 unspecified atom stereocenters. The van der Waals surface area contributed by atoms with Crippen molar-refractivity contribution in [1.82, 2.24) is 15.0 Å². The van der Waals surface area contributed by atoms with Crippen molar-refractivity contribution in [3.63, 3.8) is 0 Å². The number of hydrogen-bond donors (Lipinski definition) is 2. The van der Waals surface area contributed by atoms with Crippen LogP contribution in [0.5, 0.6) is 0 Å². The number of nitrogens with zero attached hydrogens (tertiary/aromatic N) is 3. The topological polar surface area (TPSA) is 99.2 Å². The number of carbonyl (C=O) groups is 2. The highest BCUT2D eigenvalue weighted by Gasteiger charge is 2.60. The lowest BCUT2D eigenvalue weighted by molar-refractivity contribution is -0.129. The molecular weight excluding hydrogens is 284 g/mol. The van der Waals surface area contributed by atoms with Crippen molar-refractivity contribution < 1.29 is 14.7 Å². The zero-order valence-electron chi connectivity index (χ0n) is 13.0. The van der Waals surface area contributed by atoms with Gasteiger partial charge in [0.2, 0.25) is 11.8 Å². The van der Waals surface area contributed by atoms with E-state index in [1.165, 1.54) is 12.5 Å². The summed E-state index contributed by atoms with van der Waals surface area (Å²) >= 11 is 0. The van der Waals surface area contributed by atoms with Crippen molar-refractivity contribution >= 4 is 28.7 Å². The molecule has 2 amide bonds. The molecule has 116 valence electrons. The first-order valence-corrected chi connectivity index (χ1v) is 7.04. The number of amides is 2. The summed E-state index contributed by atoms with van der Waals surface area (Å²) in [5.41, 5.74) is -0.128. The predicted molar refractivity (Wildman–Crippen MR) is 79.9 cm³/mol. The smallest absolute Gasteiger partial charge is 0.241 e. The largest absolute Gasteiger partial charge is 0.392 e. The quantitative estimate of drug-likeness (QED) is 0.816. The molecule has 1 fully saturated rings. The molecule has 0 bridgehead atoms. The lowest BCUT2D eigenvalue weighted by Crippen LogP contribution is -2.35. The summed E-state index contributed by atoms with van der Waals surface area (Å²) in [5, 5.41) is 9.34. The molecule has 2 aromatic heterocycles. The Morgan fingerprint density at radius 2 is 1.73 bits per heavy atom. The Kier molecular flexibility index (Phi) is 2.90. The van der Waals surface area contributed by atoms with Crippen LogP contribution in [0, 0.1) is 10.8 Å². The normalized spacial score (nSPS) is 20.1. The number of rotatable bonds is 2. The van der Waals surface area contributed by atoms with E-state index in [-0.39, 0.29) is 24.2 Å². The predicted octanol–water partition coefficient (Wildman–Crippen LogP) is 1.38. The molecule has 7 heteroatoms. The van der Waals surface area contributed by atoms with Crippen molar-refractivity contribution in [2.45, 2.75) is 34.3 Å². The van der Waals surface area contributed by atoms with E-state index in [0.717, 1.165) is 4.90 Å². The fraction of sp³-hybridized carbons (Fsp3) is 0.467. The highest BCUT2D eigenvalue weighted by molar-refractivity contribution is 6.26. The van der Waals surface area contributed by atoms with Gasteiger partial charge in [0.1, 0.15) is 5.52 Å². The van der Waals surface area contributed by atoms with Gasteiger partial charge in [0.05, 0.1) is 29.3 Å². The van der Waals surface area contributed by atoms with Gasteiger partial charge in [0.25, 0.3) is 0 Å². The van der Waals surface area contributed by atoms with Crippen LogP contribution in [0.1, 0.15) is 33.3 Å². The number of aliphatic hydroxyl groups is 1. The summed E-state index contributed by atoms with van der Waals surface area (Å²) in [6, 6.07) is 0. The average Bonchev–Trinajstić information content (AvgIpc) is 2.99. The van der Waals surface area contributed by atoms with Crippen LogP contribution in [0.4, 0.5) is 5.82 Å². The Balaban J connectivity index is 2.23. The van der Waals surface area contributed by atoms with Crippen LogP contribution < -0.4 is 4.90 Å². The first-order chi connectivity index (χ1) is 10.2. The molecule has 0 aromatic carbocycles. The Morgan fingerprint density at radius 3 is 2.27 bits per heavy atom. The van der Waals surface area contributed by atoms with E-state index in [9.17, 15) is 14.7 Å². The lowest BCUT2D eigenvalue weighted by Gasteiger charge is -2.28. The first kappa shape index (κ1) is 14.6. The summed E-state index contributed by atoms with van der Waals surface area (Å²) in [6.45, 7) is 6.84. The van der Waals surface area contributed by atoms with Crippen LogP contribution in [-0.2, 0) is 16.2 Å². The Morgan fingerprint density at radius 1 is 1.14 bits per heavy atom. The minimum absolute atomic E-state index is 0.215. The molecule has 7 nitrogen and oxygen atoms in total. The zero-order chi connectivity index (χ0) is 16.3. The first-order valence-electron chi connectivity index (χ1n) is 7.04. The number of imidazole rings is 1. The van der Waals surface area contributed by atoms with Gasteiger partial charge in [-0.2, -0.15) is 0 Å². The van der Waals surface area contributed by atoms with Crippen LogP contribution in [0.15, 0.2) is 12.5 Å². The summed E-state index contributed by atoms with van der Waals surface area (Å²) in [6.07, 6.45) is 2.90. The van der Waals surface area contributed by atoms with Crippen molar-refractivity contribution in [2.24, 2.45) is 10.8 Å². The Hall–Kier alpha value is -2.28. The van der Waals surface area contributed by atoms with Gasteiger partial charge in [-0.3, -0.25) is 9.59 Å². The van der Waals surface area contributed by atoms with Gasteiger partial charge in [-0.25, -0.2) is 14.9 Å². The number of imide groups is 1.